The van der Waals surface area contributed by atoms with Crippen molar-refractivity contribution in [3.05, 3.63) is 6.65 Å². The van der Waals surface area contributed by atoms with Crippen LogP contribution in [0, 0.1) is 18.5 Å². The third-order valence-electron chi connectivity index (χ3n) is 3.89. The molecule has 0 aromatic carbocycles. The van der Waals surface area contributed by atoms with Gasteiger partial charge in [0, 0.05) is 51.4 Å². The Bertz CT molecular complexity index is 529. The summed E-state index contributed by atoms with van der Waals surface area (Å²) in [6.07, 6.45) is 2.67. The summed E-state index contributed by atoms with van der Waals surface area (Å²) in [6.45, 7) is 9.17. The summed E-state index contributed by atoms with van der Waals surface area (Å²) in [6, 6.07) is 0. The zero-order chi connectivity index (χ0) is 19.0. The van der Waals surface area contributed by atoms with Gasteiger partial charge in [0.25, 0.3) is 0 Å². The van der Waals surface area contributed by atoms with Crippen molar-refractivity contribution < 1.29 is 70.6 Å². The molecule has 1 radical (unpaired) electrons. The minimum Gasteiger partial charge on any atom is 0 e. The van der Waals surface area contributed by atoms with Crippen LogP contribution in [0.3, 0.4) is 0 Å². The largest absolute Gasteiger partial charge is 0 e. The predicted octanol–water partition coefficient (Wildman–Crippen LogP) is 1.16. The van der Waals surface area contributed by atoms with Crippen LogP contribution in [0.4, 0.5) is 0 Å². The van der Waals surface area contributed by atoms with E-state index in [-0.39, 0.29) is 70.0 Å². The van der Waals surface area contributed by atoms with Crippen molar-refractivity contribution in [2.45, 2.75) is 45.0 Å². The summed E-state index contributed by atoms with van der Waals surface area (Å²) in [5.41, 5.74) is 0. The molecule has 0 aromatic heterocycles. The van der Waals surface area contributed by atoms with Crippen molar-refractivity contribution in [3.63, 3.8) is 0 Å². The van der Waals surface area contributed by atoms with E-state index < -0.39 is 19.2 Å². The van der Waals surface area contributed by atoms with Crippen LogP contribution in [0.5, 0.6) is 0 Å². The van der Waals surface area contributed by atoms with Gasteiger partial charge in [0.15, 0.2) is 6.79 Å². The van der Waals surface area contributed by atoms with Gasteiger partial charge in [0.2, 0.25) is 13.3 Å². The van der Waals surface area contributed by atoms with E-state index in [2.05, 4.69) is 12.0 Å². The van der Waals surface area contributed by atoms with Gasteiger partial charge in [0.1, 0.15) is 0 Å². The third-order valence-corrected chi connectivity index (χ3v) is 5.27. The van der Waals surface area contributed by atoms with Gasteiger partial charge in [-0.1, -0.05) is 5.92 Å². The predicted molar refractivity (Wildman–Crippen MR) is 84.3 cm³/mol. The molecule has 2 bridgehead atoms. The fraction of sp³-hybridized carbons (Fsp3) is 0.800. The molecule has 26 heavy (non-hydrogen) atoms. The van der Waals surface area contributed by atoms with Crippen molar-refractivity contribution in [1.29, 1.82) is 0 Å². The van der Waals surface area contributed by atoms with Crippen molar-refractivity contribution >= 4 is 19.6 Å². The van der Waals surface area contributed by atoms with Crippen LogP contribution in [-0.2, 0) is 70.6 Å². The molecule has 145 valence electrons. The van der Waals surface area contributed by atoms with Crippen molar-refractivity contribution in [1.82, 2.24) is 5.32 Å². The molecule has 0 aliphatic carbocycles. The van der Waals surface area contributed by atoms with E-state index in [4.69, 9.17) is 23.7 Å². The van der Waals surface area contributed by atoms with E-state index in [0.717, 1.165) is 12.8 Å². The molecular weight excluding hydrogens is 442 g/mol. The van der Waals surface area contributed by atoms with Gasteiger partial charge >= 0.3 is 11.3 Å². The molecular formula is C15H23NO8PY-. The molecule has 2 heterocycles. The molecule has 1 amide bonds. The van der Waals surface area contributed by atoms with Gasteiger partial charge in [-0.2, -0.15) is 0 Å². The summed E-state index contributed by atoms with van der Waals surface area (Å²) >= 11 is 0. The average molecular weight is 465 g/mol. The second kappa shape index (κ2) is 12.5. The van der Waals surface area contributed by atoms with E-state index in [1.165, 1.54) is 6.66 Å². The maximum absolute atomic E-state index is 12.3. The molecule has 2 rings (SSSR count). The Morgan fingerprint density at radius 3 is 2.58 bits per heavy atom. The van der Waals surface area contributed by atoms with Crippen molar-refractivity contribution in [2.75, 3.05) is 19.7 Å². The number of hydrogen-bond donors (Lipinski definition) is 1. The van der Waals surface area contributed by atoms with Crippen LogP contribution in [0.2, 0.25) is 0 Å². The van der Waals surface area contributed by atoms with Crippen LogP contribution < -0.4 is 5.32 Å². The monoisotopic (exact) mass is 465 g/mol. The number of fused-ring (bicyclic) bond motifs is 2. The number of carbonyl (C=O) groups is 1. The number of hydrogen-bond acceptors (Lipinski definition) is 7. The molecule has 2 saturated heterocycles. The summed E-state index contributed by atoms with van der Waals surface area (Å²) < 4.78 is 30.4. The molecule has 11 heteroatoms. The Labute approximate surface area is 178 Å². The first-order chi connectivity index (χ1) is 11.8. The quantitative estimate of drug-likeness (QED) is 0.103. The second-order valence-corrected chi connectivity index (χ2v) is 8.79. The average Bonchev–Trinajstić information content (AvgIpc) is 3.19. The summed E-state index contributed by atoms with van der Waals surface area (Å²) in [7, 11) is -3.07. The molecule has 0 saturated carbocycles. The Morgan fingerprint density at radius 2 is 2.00 bits per heavy atom. The minimum absolute atomic E-state index is 0. The first kappa shape index (κ1) is 26.1. The maximum atomic E-state index is 12.3. The number of amides is 1. The van der Waals surface area contributed by atoms with Crippen molar-refractivity contribution in [3.8, 4) is 0 Å². The fourth-order valence-electron chi connectivity index (χ4n) is 2.84. The second-order valence-electron chi connectivity index (χ2n) is 6.18. The smallest absolute Gasteiger partial charge is 0 e. The van der Waals surface area contributed by atoms with Gasteiger partial charge in [-0.05, 0) is 26.7 Å². The molecule has 5 unspecified atom stereocenters. The third kappa shape index (κ3) is 7.59. The van der Waals surface area contributed by atoms with Crippen LogP contribution in [0.1, 0.15) is 26.7 Å². The minimum atomic E-state index is -3.07. The van der Waals surface area contributed by atoms with Crippen LogP contribution in [0.25, 0.3) is 0 Å². The van der Waals surface area contributed by atoms with Gasteiger partial charge in [-0.3, -0.25) is 20.2 Å². The van der Waals surface area contributed by atoms with Crippen LogP contribution in [0.15, 0.2) is 0 Å². The molecule has 2 aliphatic heterocycles. The summed E-state index contributed by atoms with van der Waals surface area (Å²) in [5.74, 6) is -1.46. The van der Waals surface area contributed by atoms with Gasteiger partial charge in [0.05, 0.1) is 18.5 Å². The Balaban J connectivity index is 0.00000201. The van der Waals surface area contributed by atoms with Gasteiger partial charge in [-0.15, -0.1) is 0 Å². The number of nitrogens with one attached hydrogen (secondary N) is 1. The SMILES string of the molecule is CC(C)OOCOP(C)(=O)CNC(=O)C1C2CCC(O2)C1[C-]=O.[C-]#[O+].[Y]. The zero-order valence-electron chi connectivity index (χ0n) is 15.0. The molecule has 5 atom stereocenters. The van der Waals surface area contributed by atoms with E-state index in [9.17, 15) is 14.2 Å². The first-order valence-electron chi connectivity index (χ1n) is 7.84. The van der Waals surface area contributed by atoms with E-state index in [0.29, 0.717) is 0 Å². The fourth-order valence-corrected chi connectivity index (χ4v) is 3.64. The zero-order valence-corrected chi connectivity index (χ0v) is 18.7. The normalized spacial score (nSPS) is 28.4. The molecule has 9 nitrogen and oxygen atoms in total. The number of ether oxygens (including phenoxy) is 1. The maximum Gasteiger partial charge on any atom is 0 e. The molecule has 2 aliphatic rings. The molecule has 0 aromatic rings. The number of rotatable bonds is 9. The van der Waals surface area contributed by atoms with Crippen LogP contribution in [-0.4, -0.2) is 50.2 Å². The van der Waals surface area contributed by atoms with Crippen LogP contribution >= 0.6 is 7.37 Å². The topological polar surface area (TPSA) is 120 Å². The Hall–Kier alpha value is 0.0539. The standard InChI is InChI=1S/C14H23NO7P.CO.Y/c1-9(2)22-19-8-20-23(3,18)7-15-14(17)13-10(6-16)11-4-5-12(13)21-11;1-2;/h9-13H,4-5,7-8H2,1-3H3,(H,15,17);;/q-1;;. The van der Waals surface area contributed by atoms with E-state index in [1.807, 2.05) is 6.29 Å². The molecule has 0 spiro atoms. The van der Waals surface area contributed by atoms with Gasteiger partial charge < -0.3 is 14.8 Å². The summed E-state index contributed by atoms with van der Waals surface area (Å²) in [5, 5.41) is 2.58. The molecule has 2 fully saturated rings. The van der Waals surface area contributed by atoms with E-state index in [1.54, 1.807) is 13.8 Å². The Kier molecular flexibility index (Phi) is 12.5. The Morgan fingerprint density at radius 1 is 1.38 bits per heavy atom. The first-order valence-corrected chi connectivity index (χ1v) is 10.1. The number of carbonyl (C=O) groups excluding carboxylic acids is 2. The van der Waals surface area contributed by atoms with Crippen molar-refractivity contribution in [2.24, 2.45) is 11.8 Å². The summed E-state index contributed by atoms with van der Waals surface area (Å²) in [4.78, 5) is 32.9. The van der Waals surface area contributed by atoms with E-state index >= 15 is 0 Å². The molecule has 1 N–H and O–H groups in total. The van der Waals surface area contributed by atoms with Gasteiger partial charge in [-0.25, -0.2) is 9.78 Å².